The highest BCUT2D eigenvalue weighted by Gasteiger charge is 2.45. The molecule has 4 heteroatoms. The van der Waals surface area contributed by atoms with Gasteiger partial charge in [-0.2, -0.15) is 0 Å². The van der Waals surface area contributed by atoms with E-state index >= 15 is 0 Å². The molecule has 1 aromatic rings. The maximum atomic E-state index is 5.52. The van der Waals surface area contributed by atoms with E-state index in [2.05, 4.69) is 44.9 Å². The van der Waals surface area contributed by atoms with Gasteiger partial charge >= 0.3 is 0 Å². The van der Waals surface area contributed by atoms with Crippen LogP contribution in [-0.4, -0.2) is 30.8 Å². The average molecular weight is 311 g/mol. The molecule has 2 saturated heterocycles. The van der Waals surface area contributed by atoms with Crippen LogP contribution >= 0.6 is 15.9 Å². The monoisotopic (exact) mass is 310 g/mol. The predicted molar refractivity (Wildman–Crippen MR) is 75.8 cm³/mol. The molecule has 18 heavy (non-hydrogen) atoms. The molecule has 98 valence electrons. The van der Waals surface area contributed by atoms with Crippen molar-refractivity contribution in [3.8, 4) is 0 Å². The van der Waals surface area contributed by atoms with Crippen LogP contribution < -0.4 is 4.90 Å². The molecule has 0 N–H and O–H groups in total. The summed E-state index contributed by atoms with van der Waals surface area (Å²) in [7, 11) is 0. The average Bonchev–Trinajstić information content (AvgIpc) is 2.70. The van der Waals surface area contributed by atoms with Crippen molar-refractivity contribution in [1.29, 1.82) is 0 Å². The number of nitrogens with zero attached hydrogens (tertiary/aromatic N) is 2. The lowest BCUT2D eigenvalue weighted by molar-refractivity contribution is 0.0128. The first-order valence-corrected chi connectivity index (χ1v) is 7.47. The van der Waals surface area contributed by atoms with Crippen molar-refractivity contribution < 1.29 is 4.74 Å². The van der Waals surface area contributed by atoms with Crippen LogP contribution in [0.4, 0.5) is 5.82 Å². The van der Waals surface area contributed by atoms with Gasteiger partial charge in [0.2, 0.25) is 0 Å². The summed E-state index contributed by atoms with van der Waals surface area (Å²) in [5, 5.41) is 0. The lowest BCUT2D eigenvalue weighted by Gasteiger charge is -2.39. The summed E-state index contributed by atoms with van der Waals surface area (Å²) in [6.45, 7) is 5.32. The van der Waals surface area contributed by atoms with Crippen LogP contribution in [0.2, 0.25) is 0 Å². The summed E-state index contributed by atoms with van der Waals surface area (Å²) >= 11 is 3.44. The third kappa shape index (κ3) is 2.05. The van der Waals surface area contributed by atoms with Crippen molar-refractivity contribution in [2.75, 3.05) is 24.7 Å². The van der Waals surface area contributed by atoms with Crippen molar-refractivity contribution in [1.82, 2.24) is 4.98 Å². The van der Waals surface area contributed by atoms with Gasteiger partial charge in [-0.3, -0.25) is 0 Å². The molecule has 2 aliphatic heterocycles. The first-order valence-electron chi connectivity index (χ1n) is 6.67. The summed E-state index contributed by atoms with van der Waals surface area (Å²) in [6.07, 6.45) is 5.55. The van der Waals surface area contributed by atoms with Crippen molar-refractivity contribution in [2.24, 2.45) is 5.41 Å². The first-order chi connectivity index (χ1) is 8.71. The van der Waals surface area contributed by atoms with E-state index in [1.54, 1.807) is 0 Å². The molecule has 0 unspecified atom stereocenters. The second-order valence-electron chi connectivity index (χ2n) is 5.43. The van der Waals surface area contributed by atoms with Crippen molar-refractivity contribution in [3.63, 3.8) is 0 Å². The summed E-state index contributed by atoms with van der Waals surface area (Å²) in [6, 6.07) is 4.75. The van der Waals surface area contributed by atoms with E-state index < -0.39 is 0 Å². The molecule has 0 bridgehead atoms. The topological polar surface area (TPSA) is 25.4 Å². The highest BCUT2D eigenvalue weighted by atomic mass is 79.9. The molecule has 3 rings (SSSR count). The molecule has 2 aliphatic rings. The lowest BCUT2D eigenvalue weighted by Crippen LogP contribution is -2.41. The molecule has 2 fully saturated rings. The molecule has 0 amide bonds. The predicted octanol–water partition coefficient (Wildman–Crippen LogP) is 3.24. The van der Waals surface area contributed by atoms with Crippen LogP contribution in [0.15, 0.2) is 22.8 Å². The van der Waals surface area contributed by atoms with Gasteiger partial charge in [0.05, 0.1) is 0 Å². The summed E-state index contributed by atoms with van der Waals surface area (Å²) in [5.74, 6) is 1.11. The van der Waals surface area contributed by atoms with Gasteiger partial charge in [-0.05, 0) is 59.7 Å². The maximum absolute atomic E-state index is 5.52. The van der Waals surface area contributed by atoms with E-state index in [-0.39, 0.29) is 0 Å². The molecule has 0 radical (unpaired) electrons. The number of hydrogen-bond donors (Lipinski definition) is 0. The molecule has 0 saturated carbocycles. The standard InChI is InChI=1S/C14H19BrN2O/c1-11-14(5-8-18-9-6-14)4-7-17(11)13-3-2-12(15)10-16-13/h2-3,10-11H,4-9H2,1H3/t11-/m0/s1. The third-order valence-corrected chi connectivity index (χ3v) is 5.17. The SMILES string of the molecule is C[C@@H]1N(c2ccc(Br)cn2)CCC12CCOCC2. The summed E-state index contributed by atoms with van der Waals surface area (Å²) in [4.78, 5) is 6.99. The Morgan fingerprint density at radius 3 is 2.78 bits per heavy atom. The highest BCUT2D eigenvalue weighted by Crippen LogP contribution is 2.45. The Morgan fingerprint density at radius 1 is 1.33 bits per heavy atom. The van der Waals surface area contributed by atoms with E-state index in [0.29, 0.717) is 11.5 Å². The van der Waals surface area contributed by atoms with Gasteiger partial charge in [0.15, 0.2) is 0 Å². The molecule has 3 heterocycles. The van der Waals surface area contributed by atoms with Gasteiger partial charge in [0, 0.05) is 36.5 Å². The van der Waals surface area contributed by atoms with E-state index in [0.717, 1.165) is 30.0 Å². The number of ether oxygens (including phenoxy) is 1. The van der Waals surface area contributed by atoms with Crippen LogP contribution in [0.25, 0.3) is 0 Å². The Morgan fingerprint density at radius 2 is 2.11 bits per heavy atom. The van der Waals surface area contributed by atoms with Crippen LogP contribution in [0.3, 0.4) is 0 Å². The van der Waals surface area contributed by atoms with Gasteiger partial charge in [-0.15, -0.1) is 0 Å². The van der Waals surface area contributed by atoms with Crippen LogP contribution in [-0.2, 0) is 4.74 Å². The molecule has 0 aliphatic carbocycles. The van der Waals surface area contributed by atoms with Gasteiger partial charge in [-0.25, -0.2) is 4.98 Å². The van der Waals surface area contributed by atoms with E-state index in [9.17, 15) is 0 Å². The summed E-state index contributed by atoms with van der Waals surface area (Å²) < 4.78 is 6.56. The largest absolute Gasteiger partial charge is 0.381 e. The summed E-state index contributed by atoms with van der Waals surface area (Å²) in [5.41, 5.74) is 0.451. The zero-order valence-corrected chi connectivity index (χ0v) is 12.3. The number of pyridine rings is 1. The normalized spacial score (nSPS) is 26.8. The third-order valence-electron chi connectivity index (χ3n) is 4.70. The van der Waals surface area contributed by atoms with Gasteiger partial charge in [-0.1, -0.05) is 0 Å². The second kappa shape index (κ2) is 4.82. The fraction of sp³-hybridized carbons (Fsp3) is 0.643. The number of anilines is 1. The van der Waals surface area contributed by atoms with Crippen LogP contribution in [0.5, 0.6) is 0 Å². The Balaban J connectivity index is 1.81. The molecule has 1 aromatic heterocycles. The molecule has 3 nitrogen and oxygen atoms in total. The quantitative estimate of drug-likeness (QED) is 0.796. The number of aromatic nitrogens is 1. The van der Waals surface area contributed by atoms with Crippen LogP contribution in [0, 0.1) is 5.41 Å². The minimum atomic E-state index is 0.451. The Kier molecular flexibility index (Phi) is 3.32. The fourth-order valence-corrected chi connectivity index (χ4v) is 3.61. The van der Waals surface area contributed by atoms with Gasteiger partial charge < -0.3 is 9.64 Å². The fourth-order valence-electron chi connectivity index (χ4n) is 3.37. The lowest BCUT2D eigenvalue weighted by atomic mass is 9.74. The Bertz CT molecular complexity index is 414. The Labute approximate surface area is 117 Å². The number of hydrogen-bond acceptors (Lipinski definition) is 3. The number of rotatable bonds is 1. The number of halogens is 1. The highest BCUT2D eigenvalue weighted by molar-refractivity contribution is 9.10. The Hall–Kier alpha value is -0.610. The molecule has 1 spiro atoms. The van der Waals surface area contributed by atoms with Crippen molar-refractivity contribution in [3.05, 3.63) is 22.8 Å². The van der Waals surface area contributed by atoms with Gasteiger partial charge in [0.25, 0.3) is 0 Å². The molecular weight excluding hydrogens is 292 g/mol. The minimum Gasteiger partial charge on any atom is -0.381 e. The van der Waals surface area contributed by atoms with Crippen LogP contribution in [0.1, 0.15) is 26.2 Å². The van der Waals surface area contributed by atoms with E-state index in [1.165, 1.54) is 19.3 Å². The molecular formula is C14H19BrN2O. The maximum Gasteiger partial charge on any atom is 0.128 e. The smallest absolute Gasteiger partial charge is 0.128 e. The van der Waals surface area contributed by atoms with E-state index in [4.69, 9.17) is 4.74 Å². The molecule has 1 atom stereocenters. The first kappa shape index (κ1) is 12.4. The second-order valence-corrected chi connectivity index (χ2v) is 6.34. The zero-order chi connectivity index (χ0) is 12.6. The van der Waals surface area contributed by atoms with Crippen molar-refractivity contribution >= 4 is 21.7 Å². The van der Waals surface area contributed by atoms with Crippen molar-refractivity contribution in [2.45, 2.75) is 32.2 Å². The zero-order valence-electron chi connectivity index (χ0n) is 10.7. The minimum absolute atomic E-state index is 0.451. The van der Waals surface area contributed by atoms with E-state index in [1.807, 2.05) is 6.20 Å². The van der Waals surface area contributed by atoms with Gasteiger partial charge in [0.1, 0.15) is 5.82 Å². The molecule has 0 aromatic carbocycles.